The number of phenols is 1. The monoisotopic (exact) mass is 591 g/mol. The first-order valence-corrected chi connectivity index (χ1v) is 12.2. The lowest BCUT2D eigenvalue weighted by Gasteiger charge is -2.11. The highest BCUT2D eigenvalue weighted by Gasteiger charge is 2.16. The maximum atomic E-state index is 12.8. The summed E-state index contributed by atoms with van der Waals surface area (Å²) in [5.41, 5.74) is 3.45. The molecule has 170 valence electrons. The van der Waals surface area contributed by atoms with Gasteiger partial charge in [0.15, 0.2) is 11.5 Å². The lowest BCUT2D eigenvalue weighted by molar-refractivity contribution is -0.117. The predicted octanol–water partition coefficient (Wildman–Crippen LogP) is 5.30. The van der Waals surface area contributed by atoms with E-state index in [0.29, 0.717) is 26.7 Å². The minimum absolute atomic E-state index is 0.0458. The molecule has 0 aliphatic heterocycles. The van der Waals surface area contributed by atoms with Gasteiger partial charge in [0.1, 0.15) is 5.70 Å². The molecule has 3 rings (SSSR count). The second-order valence-corrected chi connectivity index (χ2v) is 9.03. The van der Waals surface area contributed by atoms with Crippen LogP contribution in [-0.2, 0) is 4.79 Å². The number of carbonyl (C=O) groups excluding carboxylic acids is 2. The van der Waals surface area contributed by atoms with Gasteiger partial charge < -0.3 is 15.2 Å². The summed E-state index contributed by atoms with van der Waals surface area (Å²) in [6, 6.07) is 13.9. The van der Waals surface area contributed by atoms with Crippen LogP contribution in [0.5, 0.6) is 11.5 Å². The van der Waals surface area contributed by atoms with Crippen LogP contribution in [0.25, 0.3) is 6.08 Å². The molecule has 0 atom stereocenters. The minimum Gasteiger partial charge on any atom is -0.503 e. The topological polar surface area (TPSA) is 100 Å². The van der Waals surface area contributed by atoms with Gasteiger partial charge in [0.05, 0.1) is 17.3 Å². The van der Waals surface area contributed by atoms with Crippen molar-refractivity contribution >= 4 is 67.3 Å². The Labute approximate surface area is 211 Å². The van der Waals surface area contributed by atoms with Gasteiger partial charge in [-0.2, -0.15) is 5.10 Å². The van der Waals surface area contributed by atoms with E-state index in [1.165, 1.54) is 17.6 Å². The van der Waals surface area contributed by atoms with Crippen molar-refractivity contribution in [3.05, 3.63) is 84.6 Å². The highest BCUT2D eigenvalue weighted by molar-refractivity contribution is 9.13. The number of carbonyl (C=O) groups is 2. The van der Waals surface area contributed by atoms with E-state index in [4.69, 9.17) is 4.74 Å². The number of phenolic OH excluding ortho intramolecular Hbond substituents is 1. The number of nitrogens with one attached hydrogen (secondary N) is 2. The molecule has 0 aliphatic rings. The van der Waals surface area contributed by atoms with Crippen molar-refractivity contribution in [2.24, 2.45) is 5.10 Å². The van der Waals surface area contributed by atoms with Crippen LogP contribution in [0.4, 0.5) is 0 Å². The SMILES string of the molecule is CCOc1cc(/C=N/NC(=O)/C(=C\c2cccs2)NC(=O)c2ccccc2)c(Br)c(Br)c1O. The van der Waals surface area contributed by atoms with Crippen LogP contribution in [0, 0.1) is 0 Å². The van der Waals surface area contributed by atoms with Gasteiger partial charge in [0.2, 0.25) is 0 Å². The fourth-order valence-corrected chi connectivity index (χ4v) is 4.14. The maximum absolute atomic E-state index is 12.8. The molecule has 0 aliphatic carbocycles. The van der Waals surface area contributed by atoms with E-state index in [1.807, 2.05) is 17.5 Å². The molecule has 0 fully saturated rings. The van der Waals surface area contributed by atoms with Gasteiger partial charge in [0, 0.05) is 20.5 Å². The summed E-state index contributed by atoms with van der Waals surface area (Å²) >= 11 is 8.10. The number of thiophene rings is 1. The quantitative estimate of drug-likeness (QED) is 0.188. The Morgan fingerprint density at radius 2 is 1.91 bits per heavy atom. The fraction of sp³-hybridized carbons (Fsp3) is 0.0870. The number of aromatic hydroxyl groups is 1. The molecule has 3 N–H and O–H groups in total. The zero-order valence-corrected chi connectivity index (χ0v) is 21.3. The van der Waals surface area contributed by atoms with Gasteiger partial charge in [-0.1, -0.05) is 24.3 Å². The zero-order chi connectivity index (χ0) is 23.8. The third-order valence-electron chi connectivity index (χ3n) is 4.20. The lowest BCUT2D eigenvalue weighted by atomic mass is 10.2. The van der Waals surface area contributed by atoms with Gasteiger partial charge in [-0.3, -0.25) is 9.59 Å². The Morgan fingerprint density at radius 3 is 2.58 bits per heavy atom. The number of hydrogen-bond acceptors (Lipinski definition) is 6. The normalized spacial score (nSPS) is 11.4. The van der Waals surface area contributed by atoms with E-state index in [9.17, 15) is 14.7 Å². The smallest absolute Gasteiger partial charge is 0.287 e. The minimum atomic E-state index is -0.595. The van der Waals surface area contributed by atoms with Crippen molar-refractivity contribution in [3.8, 4) is 11.5 Å². The molecule has 0 saturated carbocycles. The number of benzene rings is 2. The first-order valence-electron chi connectivity index (χ1n) is 9.69. The highest BCUT2D eigenvalue weighted by Crippen LogP contribution is 2.41. The van der Waals surface area contributed by atoms with Crippen molar-refractivity contribution in [2.45, 2.75) is 6.92 Å². The molecular formula is C23H19Br2N3O4S. The predicted molar refractivity (Wildman–Crippen MR) is 137 cm³/mol. The first kappa shape index (κ1) is 24.7. The number of halogens is 2. The molecule has 0 spiro atoms. The van der Waals surface area contributed by atoms with Crippen molar-refractivity contribution in [1.29, 1.82) is 0 Å². The summed E-state index contributed by atoms with van der Waals surface area (Å²) in [4.78, 5) is 26.2. The summed E-state index contributed by atoms with van der Waals surface area (Å²) < 4.78 is 6.35. The molecule has 0 bridgehead atoms. The molecule has 2 aromatic carbocycles. The number of nitrogens with zero attached hydrogens (tertiary/aromatic N) is 1. The van der Waals surface area contributed by atoms with Gasteiger partial charge in [-0.15, -0.1) is 11.3 Å². The van der Waals surface area contributed by atoms with E-state index < -0.39 is 11.8 Å². The molecule has 33 heavy (non-hydrogen) atoms. The summed E-state index contributed by atoms with van der Waals surface area (Å²) in [6.45, 7) is 2.17. The Hall–Kier alpha value is -2.95. The van der Waals surface area contributed by atoms with E-state index in [1.54, 1.807) is 49.4 Å². The van der Waals surface area contributed by atoms with Crippen LogP contribution >= 0.6 is 43.2 Å². The summed E-state index contributed by atoms with van der Waals surface area (Å²) in [5, 5.41) is 18.7. The van der Waals surface area contributed by atoms with Crippen LogP contribution in [0.1, 0.15) is 27.7 Å². The van der Waals surface area contributed by atoms with Gasteiger partial charge in [-0.25, -0.2) is 5.43 Å². The third kappa shape index (κ3) is 6.53. The number of hydrazone groups is 1. The standard InChI is InChI=1S/C23H19Br2N3O4S/c1-2-32-18-11-15(19(24)20(25)21(18)29)13-26-28-23(31)17(12-16-9-6-10-33-16)27-22(30)14-7-4-3-5-8-14/h3-13,29H,2H2,1H3,(H,27,30)(H,28,31)/b17-12+,26-13+. The second kappa shape index (κ2) is 11.8. The molecule has 0 saturated heterocycles. The summed E-state index contributed by atoms with van der Waals surface area (Å²) in [5.74, 6) is -0.782. The Kier molecular flexibility index (Phi) is 8.81. The largest absolute Gasteiger partial charge is 0.503 e. The maximum Gasteiger partial charge on any atom is 0.287 e. The second-order valence-electron chi connectivity index (χ2n) is 6.47. The fourth-order valence-electron chi connectivity index (χ4n) is 2.65. The lowest BCUT2D eigenvalue weighted by Crippen LogP contribution is -2.32. The summed E-state index contributed by atoms with van der Waals surface area (Å²) in [6.07, 6.45) is 2.98. The van der Waals surface area contributed by atoms with E-state index in [0.717, 1.165) is 4.88 Å². The molecule has 2 amide bonds. The Bertz CT molecular complexity index is 1200. The van der Waals surface area contributed by atoms with E-state index >= 15 is 0 Å². The van der Waals surface area contributed by atoms with Gasteiger partial charge in [-0.05, 0) is 74.5 Å². The number of hydrogen-bond donors (Lipinski definition) is 3. The zero-order valence-electron chi connectivity index (χ0n) is 17.3. The van der Waals surface area contributed by atoms with Crippen molar-refractivity contribution in [2.75, 3.05) is 6.61 Å². The molecule has 10 heteroatoms. The van der Waals surface area contributed by atoms with Crippen LogP contribution in [0.2, 0.25) is 0 Å². The number of ether oxygens (including phenoxy) is 1. The van der Waals surface area contributed by atoms with Crippen LogP contribution in [0.15, 0.2) is 73.7 Å². The van der Waals surface area contributed by atoms with Crippen LogP contribution in [-0.4, -0.2) is 29.7 Å². The Balaban J connectivity index is 1.80. The first-order chi connectivity index (χ1) is 15.9. The van der Waals surface area contributed by atoms with Crippen molar-refractivity contribution in [1.82, 2.24) is 10.7 Å². The highest BCUT2D eigenvalue weighted by atomic mass is 79.9. The van der Waals surface area contributed by atoms with Gasteiger partial charge in [0.25, 0.3) is 11.8 Å². The van der Waals surface area contributed by atoms with E-state index in [2.05, 4.69) is 47.7 Å². The number of rotatable bonds is 8. The average molecular weight is 593 g/mol. The molecular weight excluding hydrogens is 574 g/mol. The van der Waals surface area contributed by atoms with Crippen molar-refractivity contribution in [3.63, 3.8) is 0 Å². The summed E-state index contributed by atoms with van der Waals surface area (Å²) in [7, 11) is 0. The molecule has 7 nitrogen and oxygen atoms in total. The van der Waals surface area contributed by atoms with Crippen LogP contribution < -0.4 is 15.5 Å². The van der Waals surface area contributed by atoms with Crippen molar-refractivity contribution < 1.29 is 19.4 Å². The number of amides is 2. The molecule has 0 radical (unpaired) electrons. The molecule has 0 unspecified atom stereocenters. The van der Waals surface area contributed by atoms with Crippen LogP contribution in [0.3, 0.4) is 0 Å². The Morgan fingerprint density at radius 1 is 1.15 bits per heavy atom. The third-order valence-corrected chi connectivity index (χ3v) is 7.18. The molecule has 1 aromatic heterocycles. The molecule has 1 heterocycles. The van der Waals surface area contributed by atoms with E-state index in [-0.39, 0.29) is 17.2 Å². The molecule has 3 aromatic rings. The average Bonchev–Trinajstić information content (AvgIpc) is 3.33. The van der Waals surface area contributed by atoms with Gasteiger partial charge >= 0.3 is 0 Å².